The van der Waals surface area contributed by atoms with E-state index in [1.54, 1.807) is 12.1 Å². The van der Waals surface area contributed by atoms with Crippen molar-refractivity contribution in [3.05, 3.63) is 83.9 Å². The van der Waals surface area contributed by atoms with Gasteiger partial charge in [0.05, 0.1) is 15.9 Å². The minimum atomic E-state index is -3.81. The van der Waals surface area contributed by atoms with Crippen molar-refractivity contribution in [2.75, 3.05) is 0 Å². The average Bonchev–Trinajstić information content (AvgIpc) is 3.08. The molecule has 0 aliphatic heterocycles. The van der Waals surface area contributed by atoms with E-state index < -0.39 is 10.0 Å². The highest BCUT2D eigenvalue weighted by molar-refractivity contribution is 7.90. The molecule has 0 N–H and O–H groups in total. The Bertz CT molecular complexity index is 1240. The highest BCUT2D eigenvalue weighted by atomic mass is 32.2. The molecule has 3 aromatic carbocycles. The lowest BCUT2D eigenvalue weighted by atomic mass is 10.0. The zero-order chi connectivity index (χ0) is 19.9. The van der Waals surface area contributed by atoms with Crippen molar-refractivity contribution in [3.8, 4) is 11.4 Å². The second-order valence-corrected chi connectivity index (χ2v) is 9.07. The molecule has 1 aromatic heterocycles. The number of aryl methyl sites for hydroxylation is 1. The maximum absolute atomic E-state index is 13.6. The standard InChI is InChI=1S/C23H22N2O2S/c1-16(2)19-11-14-21-22(15-19)25(23(24-21)18-7-5-4-6-8-18)28(26,27)20-12-9-17(3)10-13-20/h4-16H,1-3H3. The van der Waals surface area contributed by atoms with Crippen LogP contribution in [0.4, 0.5) is 0 Å². The largest absolute Gasteiger partial charge is 0.269 e. The molecule has 0 saturated carbocycles. The van der Waals surface area contributed by atoms with Crippen LogP contribution < -0.4 is 0 Å². The van der Waals surface area contributed by atoms with E-state index in [1.165, 1.54) is 3.97 Å². The van der Waals surface area contributed by atoms with Crippen LogP contribution >= 0.6 is 0 Å². The van der Waals surface area contributed by atoms with E-state index >= 15 is 0 Å². The molecule has 5 heteroatoms. The van der Waals surface area contributed by atoms with E-state index in [1.807, 2.05) is 67.6 Å². The Labute approximate surface area is 165 Å². The van der Waals surface area contributed by atoms with Gasteiger partial charge >= 0.3 is 0 Å². The summed E-state index contributed by atoms with van der Waals surface area (Å²) in [6, 6.07) is 22.2. The number of hydrogen-bond acceptors (Lipinski definition) is 3. The molecule has 0 saturated heterocycles. The Morgan fingerprint density at radius 3 is 2.21 bits per heavy atom. The van der Waals surface area contributed by atoms with Crippen molar-refractivity contribution in [1.29, 1.82) is 0 Å². The van der Waals surface area contributed by atoms with Gasteiger partial charge in [-0.05, 0) is 42.7 Å². The van der Waals surface area contributed by atoms with Crippen LogP contribution in [0.2, 0.25) is 0 Å². The first-order chi connectivity index (χ1) is 13.4. The van der Waals surface area contributed by atoms with E-state index in [4.69, 9.17) is 0 Å². The van der Waals surface area contributed by atoms with Gasteiger partial charge in [-0.25, -0.2) is 17.4 Å². The highest BCUT2D eigenvalue weighted by Gasteiger charge is 2.25. The van der Waals surface area contributed by atoms with Gasteiger partial charge in [0.15, 0.2) is 5.82 Å². The summed E-state index contributed by atoms with van der Waals surface area (Å²) in [5.41, 5.74) is 4.12. The molecule has 4 rings (SSSR count). The smallest absolute Gasteiger partial charge is 0.227 e. The molecule has 0 atom stereocenters. The van der Waals surface area contributed by atoms with Gasteiger partial charge < -0.3 is 0 Å². The second kappa shape index (κ2) is 6.91. The SMILES string of the molecule is Cc1ccc(S(=O)(=O)n2c(-c3ccccc3)nc3ccc(C(C)C)cc32)cc1. The summed E-state index contributed by atoms with van der Waals surface area (Å²) in [5, 5.41) is 0. The molecule has 0 amide bonds. The van der Waals surface area contributed by atoms with Crippen LogP contribution in [0.1, 0.15) is 30.9 Å². The van der Waals surface area contributed by atoms with Gasteiger partial charge in [-0.15, -0.1) is 0 Å². The van der Waals surface area contributed by atoms with Crippen molar-refractivity contribution in [2.24, 2.45) is 0 Å². The van der Waals surface area contributed by atoms with Gasteiger partial charge in [0, 0.05) is 5.56 Å². The van der Waals surface area contributed by atoms with Crippen LogP contribution in [0.15, 0.2) is 77.7 Å². The second-order valence-electron chi connectivity index (χ2n) is 7.29. The number of fused-ring (bicyclic) bond motifs is 1. The normalized spacial score (nSPS) is 12.0. The molecule has 0 aliphatic rings. The molecule has 0 spiro atoms. The van der Waals surface area contributed by atoms with Crippen LogP contribution in [0.25, 0.3) is 22.4 Å². The van der Waals surface area contributed by atoms with E-state index in [9.17, 15) is 8.42 Å². The lowest BCUT2D eigenvalue weighted by Crippen LogP contribution is -2.14. The number of nitrogens with zero attached hydrogens (tertiary/aromatic N) is 2. The van der Waals surface area contributed by atoms with E-state index in [0.717, 1.165) is 16.7 Å². The zero-order valence-electron chi connectivity index (χ0n) is 16.1. The lowest BCUT2D eigenvalue weighted by molar-refractivity contribution is 0.589. The summed E-state index contributed by atoms with van der Waals surface area (Å²) in [4.78, 5) is 4.93. The Kier molecular flexibility index (Phi) is 4.55. The fourth-order valence-corrected chi connectivity index (χ4v) is 4.73. The van der Waals surface area contributed by atoms with Crippen molar-refractivity contribution in [3.63, 3.8) is 0 Å². The fraction of sp³-hybridized carbons (Fsp3) is 0.174. The van der Waals surface area contributed by atoms with E-state index in [-0.39, 0.29) is 10.8 Å². The first-order valence-electron chi connectivity index (χ1n) is 9.28. The third-order valence-electron chi connectivity index (χ3n) is 4.89. The van der Waals surface area contributed by atoms with Crippen molar-refractivity contribution < 1.29 is 8.42 Å². The Hall–Kier alpha value is -2.92. The first kappa shape index (κ1) is 18.4. The van der Waals surface area contributed by atoms with Crippen molar-refractivity contribution >= 4 is 21.1 Å². The van der Waals surface area contributed by atoms with Crippen molar-refractivity contribution in [2.45, 2.75) is 31.6 Å². The number of rotatable bonds is 4. The van der Waals surface area contributed by atoms with Crippen LogP contribution in [0.3, 0.4) is 0 Å². The van der Waals surface area contributed by atoms with Gasteiger partial charge in [0.25, 0.3) is 10.0 Å². The number of imidazole rings is 1. The molecular weight excluding hydrogens is 368 g/mol. The summed E-state index contributed by atoms with van der Waals surface area (Å²) >= 11 is 0. The van der Waals surface area contributed by atoms with Gasteiger partial charge in [-0.2, -0.15) is 0 Å². The Morgan fingerprint density at radius 2 is 1.57 bits per heavy atom. The minimum Gasteiger partial charge on any atom is -0.227 e. The summed E-state index contributed by atoms with van der Waals surface area (Å²) in [5.74, 6) is 0.715. The summed E-state index contributed by atoms with van der Waals surface area (Å²) in [6.45, 7) is 6.12. The molecule has 4 aromatic rings. The van der Waals surface area contributed by atoms with Crippen LogP contribution in [-0.2, 0) is 10.0 Å². The van der Waals surface area contributed by atoms with Crippen molar-refractivity contribution in [1.82, 2.24) is 8.96 Å². The van der Waals surface area contributed by atoms with Crippen LogP contribution in [-0.4, -0.2) is 17.4 Å². The molecule has 1 heterocycles. The molecule has 0 fully saturated rings. The molecule has 142 valence electrons. The number of benzene rings is 3. The fourth-order valence-electron chi connectivity index (χ4n) is 3.26. The van der Waals surface area contributed by atoms with E-state index in [2.05, 4.69) is 18.8 Å². The Morgan fingerprint density at radius 1 is 0.893 bits per heavy atom. The van der Waals surface area contributed by atoms with Crippen LogP contribution in [0, 0.1) is 6.92 Å². The first-order valence-corrected chi connectivity index (χ1v) is 10.7. The third-order valence-corrected chi connectivity index (χ3v) is 6.61. The maximum Gasteiger partial charge on any atom is 0.269 e. The Balaban J connectivity index is 2.06. The maximum atomic E-state index is 13.6. The number of aromatic nitrogens is 2. The minimum absolute atomic E-state index is 0.254. The predicted molar refractivity (Wildman–Crippen MR) is 113 cm³/mol. The number of hydrogen-bond donors (Lipinski definition) is 0. The van der Waals surface area contributed by atoms with Crippen LogP contribution in [0.5, 0.6) is 0 Å². The summed E-state index contributed by atoms with van der Waals surface area (Å²) < 4.78 is 28.6. The molecule has 4 nitrogen and oxygen atoms in total. The average molecular weight is 391 g/mol. The molecule has 0 unspecified atom stereocenters. The van der Waals surface area contributed by atoms with Gasteiger partial charge in [0.2, 0.25) is 0 Å². The van der Waals surface area contributed by atoms with Gasteiger partial charge in [0.1, 0.15) is 0 Å². The van der Waals surface area contributed by atoms with E-state index in [0.29, 0.717) is 16.9 Å². The molecule has 0 aliphatic carbocycles. The highest BCUT2D eigenvalue weighted by Crippen LogP contribution is 2.31. The molecule has 0 bridgehead atoms. The quantitative estimate of drug-likeness (QED) is 0.470. The summed E-state index contributed by atoms with van der Waals surface area (Å²) in [6.07, 6.45) is 0. The van der Waals surface area contributed by atoms with Gasteiger partial charge in [-0.3, -0.25) is 0 Å². The molecule has 28 heavy (non-hydrogen) atoms. The lowest BCUT2D eigenvalue weighted by Gasteiger charge is -2.12. The van der Waals surface area contributed by atoms with Gasteiger partial charge in [-0.1, -0.05) is 67.9 Å². The monoisotopic (exact) mass is 390 g/mol. The predicted octanol–water partition coefficient (Wildman–Crippen LogP) is 5.37. The molecular formula is C23H22N2O2S. The summed E-state index contributed by atoms with van der Waals surface area (Å²) in [7, 11) is -3.81. The topological polar surface area (TPSA) is 52.0 Å². The molecule has 0 radical (unpaired) electrons. The third kappa shape index (κ3) is 3.12. The zero-order valence-corrected chi connectivity index (χ0v) is 16.9.